The van der Waals surface area contributed by atoms with Crippen molar-refractivity contribution in [3.8, 4) is 0 Å². The van der Waals surface area contributed by atoms with Gasteiger partial charge in [-0.05, 0) is 40.5 Å². The summed E-state index contributed by atoms with van der Waals surface area (Å²) < 4.78 is 36.2. The Morgan fingerprint density at radius 1 is 1.44 bits per heavy atom. The predicted molar refractivity (Wildman–Crippen MR) is 67.0 cm³/mol. The van der Waals surface area contributed by atoms with E-state index in [9.17, 15) is 18.0 Å². The van der Waals surface area contributed by atoms with Gasteiger partial charge in [0.2, 0.25) is 0 Å². The van der Waals surface area contributed by atoms with Gasteiger partial charge in [0.15, 0.2) is 0 Å². The van der Waals surface area contributed by atoms with Gasteiger partial charge in [-0.1, -0.05) is 11.6 Å². The maximum absolute atomic E-state index is 11.9. The Bertz CT molecular complexity index is 465. The highest BCUT2D eigenvalue weighted by molar-refractivity contribution is 9.10. The van der Waals surface area contributed by atoms with Crippen molar-refractivity contribution < 1.29 is 18.0 Å². The second kappa shape index (κ2) is 5.79. The molecule has 1 aromatic carbocycles. The van der Waals surface area contributed by atoms with Crippen LogP contribution in [0.5, 0.6) is 0 Å². The average molecular weight is 346 g/mol. The minimum atomic E-state index is -4.44. The van der Waals surface area contributed by atoms with Gasteiger partial charge in [-0.2, -0.15) is 13.2 Å². The molecule has 0 aliphatic heterocycles. The number of urea groups is 1. The van der Waals surface area contributed by atoms with Crippen molar-refractivity contribution in [2.24, 2.45) is 0 Å². The fourth-order valence-corrected chi connectivity index (χ4v) is 1.81. The first-order chi connectivity index (χ1) is 8.19. The molecule has 0 aromatic heterocycles. The number of nitrogens with one attached hydrogen (secondary N) is 2. The highest BCUT2D eigenvalue weighted by Crippen LogP contribution is 2.29. The van der Waals surface area contributed by atoms with Crippen molar-refractivity contribution in [3.63, 3.8) is 0 Å². The van der Waals surface area contributed by atoms with Crippen LogP contribution in [0.15, 0.2) is 16.6 Å². The van der Waals surface area contributed by atoms with Gasteiger partial charge in [-0.25, -0.2) is 4.79 Å². The molecule has 1 rings (SSSR count). The topological polar surface area (TPSA) is 41.1 Å². The van der Waals surface area contributed by atoms with Crippen molar-refractivity contribution in [2.75, 3.05) is 11.9 Å². The molecular weight excluding hydrogens is 336 g/mol. The summed E-state index contributed by atoms with van der Waals surface area (Å²) in [6, 6.07) is 2.16. The lowest BCUT2D eigenvalue weighted by Gasteiger charge is -2.12. The minimum Gasteiger partial charge on any atom is -0.329 e. The van der Waals surface area contributed by atoms with Crippen LogP contribution >= 0.6 is 27.5 Å². The first-order valence-corrected chi connectivity index (χ1v) is 5.93. The van der Waals surface area contributed by atoms with Crippen LogP contribution in [0.2, 0.25) is 5.02 Å². The van der Waals surface area contributed by atoms with Crippen molar-refractivity contribution in [3.05, 3.63) is 27.2 Å². The average Bonchev–Trinajstić information content (AvgIpc) is 2.22. The van der Waals surface area contributed by atoms with Crippen LogP contribution in [0.25, 0.3) is 0 Å². The molecule has 0 saturated heterocycles. The Labute approximate surface area is 115 Å². The molecule has 0 saturated carbocycles. The van der Waals surface area contributed by atoms with Crippen molar-refractivity contribution in [2.45, 2.75) is 13.1 Å². The van der Waals surface area contributed by atoms with Gasteiger partial charge in [0.1, 0.15) is 6.54 Å². The third kappa shape index (κ3) is 4.73. The quantitative estimate of drug-likeness (QED) is 0.832. The van der Waals surface area contributed by atoms with E-state index in [0.717, 1.165) is 5.56 Å². The van der Waals surface area contributed by atoms with Crippen molar-refractivity contribution >= 4 is 39.2 Å². The Balaban J connectivity index is 2.68. The normalized spacial score (nSPS) is 11.2. The van der Waals surface area contributed by atoms with Crippen LogP contribution in [0.3, 0.4) is 0 Å². The third-order valence-corrected chi connectivity index (χ3v) is 3.01. The summed E-state index contributed by atoms with van der Waals surface area (Å²) in [5, 5.41) is 4.37. The van der Waals surface area contributed by atoms with Crippen LogP contribution in [0.1, 0.15) is 5.56 Å². The van der Waals surface area contributed by atoms with Gasteiger partial charge < -0.3 is 10.6 Å². The number of halogens is 5. The van der Waals surface area contributed by atoms with Gasteiger partial charge in [0.25, 0.3) is 0 Å². The summed E-state index contributed by atoms with van der Waals surface area (Å²) >= 11 is 9.02. The summed E-state index contributed by atoms with van der Waals surface area (Å²) in [4.78, 5) is 11.2. The fourth-order valence-electron chi connectivity index (χ4n) is 1.09. The monoisotopic (exact) mass is 344 g/mol. The number of carbonyl (C=O) groups excluding carboxylic acids is 1. The highest BCUT2D eigenvalue weighted by atomic mass is 79.9. The zero-order chi connectivity index (χ0) is 13.9. The maximum atomic E-state index is 11.9. The lowest BCUT2D eigenvalue weighted by molar-refractivity contribution is -0.122. The van der Waals surface area contributed by atoms with E-state index in [4.69, 9.17) is 11.6 Å². The Hall–Kier alpha value is -0.950. The first kappa shape index (κ1) is 15.1. The lowest BCUT2D eigenvalue weighted by Crippen LogP contribution is -2.36. The number of alkyl halides is 3. The number of hydrogen-bond acceptors (Lipinski definition) is 1. The number of anilines is 1. The molecule has 0 aliphatic carbocycles. The van der Waals surface area contributed by atoms with Crippen LogP contribution in [0.4, 0.5) is 23.7 Å². The van der Waals surface area contributed by atoms with Gasteiger partial charge >= 0.3 is 12.2 Å². The second-order valence-electron chi connectivity index (χ2n) is 3.50. The van der Waals surface area contributed by atoms with E-state index in [1.54, 1.807) is 18.3 Å². The van der Waals surface area contributed by atoms with Crippen LogP contribution in [-0.4, -0.2) is 18.8 Å². The van der Waals surface area contributed by atoms with E-state index < -0.39 is 18.8 Å². The molecular formula is C10H9BrClF3N2O. The fraction of sp³-hybridized carbons (Fsp3) is 0.300. The molecule has 0 heterocycles. The smallest absolute Gasteiger partial charge is 0.329 e. The zero-order valence-corrected chi connectivity index (χ0v) is 11.5. The molecule has 0 fully saturated rings. The summed E-state index contributed by atoms with van der Waals surface area (Å²) in [5.74, 6) is 0. The van der Waals surface area contributed by atoms with E-state index in [0.29, 0.717) is 15.2 Å². The van der Waals surface area contributed by atoms with E-state index in [2.05, 4.69) is 21.2 Å². The molecule has 2 amide bonds. The van der Waals surface area contributed by atoms with Crippen LogP contribution in [-0.2, 0) is 0 Å². The van der Waals surface area contributed by atoms with E-state index in [1.807, 2.05) is 0 Å². The molecule has 0 radical (unpaired) electrons. The number of amides is 2. The van der Waals surface area contributed by atoms with Gasteiger partial charge in [0.05, 0.1) is 5.69 Å². The number of rotatable bonds is 2. The number of benzene rings is 1. The standard InChI is InChI=1S/C10H9BrClF3N2O/c1-5-2-6(11)8(3-7(5)12)17-9(18)16-4-10(13,14)15/h2-3H,4H2,1H3,(H2,16,17,18). The molecule has 0 atom stereocenters. The second-order valence-corrected chi connectivity index (χ2v) is 4.77. The molecule has 0 spiro atoms. The third-order valence-electron chi connectivity index (χ3n) is 1.95. The summed E-state index contributed by atoms with van der Waals surface area (Å²) in [7, 11) is 0. The number of aryl methyl sites for hydroxylation is 1. The SMILES string of the molecule is Cc1cc(Br)c(NC(=O)NCC(F)(F)F)cc1Cl. The summed E-state index contributed by atoms with van der Waals surface area (Å²) in [6.45, 7) is 0.372. The molecule has 0 bridgehead atoms. The Kier molecular flexibility index (Phi) is 4.86. The molecule has 2 N–H and O–H groups in total. The van der Waals surface area contributed by atoms with Crippen molar-refractivity contribution in [1.82, 2.24) is 5.32 Å². The lowest BCUT2D eigenvalue weighted by atomic mass is 10.2. The van der Waals surface area contributed by atoms with Crippen LogP contribution in [0, 0.1) is 6.92 Å². The molecule has 100 valence electrons. The van der Waals surface area contributed by atoms with Crippen LogP contribution < -0.4 is 10.6 Å². The van der Waals surface area contributed by atoms with Gasteiger partial charge in [-0.15, -0.1) is 0 Å². The molecule has 18 heavy (non-hydrogen) atoms. The minimum absolute atomic E-state index is 0.297. The Morgan fingerprint density at radius 3 is 2.61 bits per heavy atom. The van der Waals surface area contributed by atoms with Gasteiger partial charge in [-0.3, -0.25) is 0 Å². The van der Waals surface area contributed by atoms with E-state index >= 15 is 0 Å². The molecule has 8 heteroatoms. The van der Waals surface area contributed by atoms with Gasteiger partial charge in [0, 0.05) is 9.50 Å². The summed E-state index contributed by atoms with van der Waals surface area (Å²) in [5.41, 5.74) is 1.08. The molecule has 3 nitrogen and oxygen atoms in total. The maximum Gasteiger partial charge on any atom is 0.405 e. The summed E-state index contributed by atoms with van der Waals surface area (Å²) in [6.07, 6.45) is -4.44. The van der Waals surface area contributed by atoms with E-state index in [1.165, 1.54) is 6.07 Å². The van der Waals surface area contributed by atoms with Crippen molar-refractivity contribution in [1.29, 1.82) is 0 Å². The Morgan fingerprint density at radius 2 is 2.06 bits per heavy atom. The zero-order valence-electron chi connectivity index (χ0n) is 9.16. The largest absolute Gasteiger partial charge is 0.405 e. The molecule has 0 unspecified atom stereocenters. The first-order valence-electron chi connectivity index (χ1n) is 4.76. The van der Waals surface area contributed by atoms with E-state index in [-0.39, 0.29) is 0 Å². The number of carbonyl (C=O) groups is 1. The molecule has 1 aromatic rings. The highest BCUT2D eigenvalue weighted by Gasteiger charge is 2.27. The predicted octanol–water partition coefficient (Wildman–Crippen LogP) is 4.09. The molecule has 0 aliphatic rings. The number of hydrogen-bond donors (Lipinski definition) is 2.